The van der Waals surface area contributed by atoms with Crippen LogP contribution in [-0.4, -0.2) is 29.1 Å². The number of carbonyl (C=O) groups excluding carboxylic acids is 1. The van der Waals surface area contributed by atoms with Crippen LogP contribution in [-0.2, 0) is 6.54 Å². The van der Waals surface area contributed by atoms with Gasteiger partial charge < -0.3 is 9.47 Å². The predicted octanol–water partition coefficient (Wildman–Crippen LogP) is 6.30. The van der Waals surface area contributed by atoms with Crippen LogP contribution in [0.15, 0.2) is 54.7 Å². The van der Waals surface area contributed by atoms with E-state index in [9.17, 15) is 4.79 Å². The van der Waals surface area contributed by atoms with E-state index >= 15 is 0 Å². The van der Waals surface area contributed by atoms with E-state index in [-0.39, 0.29) is 12.5 Å². The van der Waals surface area contributed by atoms with Gasteiger partial charge in [-0.25, -0.2) is 4.98 Å². The molecule has 0 fully saturated rings. The molecule has 1 amide bonds. The lowest BCUT2D eigenvalue weighted by Gasteiger charge is -2.20. The molecule has 4 rings (SSSR count). The number of ether oxygens (including phenoxy) is 2. The molecule has 0 aliphatic carbocycles. The maximum Gasteiger partial charge on any atom is 0.260 e. The first-order valence-electron chi connectivity index (χ1n) is 10.7. The van der Waals surface area contributed by atoms with E-state index in [0.717, 1.165) is 21.5 Å². The minimum absolute atomic E-state index is 0.201. The van der Waals surface area contributed by atoms with Gasteiger partial charge in [0.05, 0.1) is 35.7 Å². The molecular weight excluding hydrogens is 458 g/mol. The Bertz CT molecular complexity index is 1280. The van der Waals surface area contributed by atoms with Crippen LogP contribution in [0.25, 0.3) is 10.2 Å². The van der Waals surface area contributed by atoms with Crippen LogP contribution in [0.2, 0.25) is 5.02 Å². The molecule has 2 aromatic carbocycles. The zero-order valence-electron chi connectivity index (χ0n) is 18.7. The van der Waals surface area contributed by atoms with E-state index in [1.54, 1.807) is 29.3 Å². The lowest BCUT2D eigenvalue weighted by molar-refractivity contribution is 0.0984. The van der Waals surface area contributed by atoms with Gasteiger partial charge in [0.25, 0.3) is 5.91 Å². The van der Waals surface area contributed by atoms with Crippen molar-refractivity contribution in [2.75, 3.05) is 18.1 Å². The summed E-state index contributed by atoms with van der Waals surface area (Å²) in [6.45, 7) is 6.99. The highest BCUT2D eigenvalue weighted by Crippen LogP contribution is 2.35. The van der Waals surface area contributed by atoms with E-state index in [4.69, 9.17) is 26.1 Å². The van der Waals surface area contributed by atoms with Crippen molar-refractivity contribution in [3.05, 3.63) is 76.6 Å². The van der Waals surface area contributed by atoms with Crippen molar-refractivity contribution in [2.45, 2.75) is 27.3 Å². The highest BCUT2D eigenvalue weighted by molar-refractivity contribution is 7.22. The molecule has 0 spiro atoms. The van der Waals surface area contributed by atoms with E-state index < -0.39 is 0 Å². The Labute approximate surface area is 201 Å². The largest absolute Gasteiger partial charge is 0.490 e. The second kappa shape index (κ2) is 10.2. The van der Waals surface area contributed by atoms with Crippen LogP contribution < -0.4 is 14.4 Å². The summed E-state index contributed by atoms with van der Waals surface area (Å²) >= 11 is 7.75. The van der Waals surface area contributed by atoms with Crippen LogP contribution in [0.5, 0.6) is 11.5 Å². The zero-order chi connectivity index (χ0) is 23.4. The molecule has 0 aliphatic heterocycles. The van der Waals surface area contributed by atoms with Crippen LogP contribution in [0.4, 0.5) is 5.13 Å². The number of benzene rings is 2. The van der Waals surface area contributed by atoms with Crippen molar-refractivity contribution in [1.29, 1.82) is 0 Å². The van der Waals surface area contributed by atoms with E-state index in [2.05, 4.69) is 4.98 Å². The Morgan fingerprint density at radius 1 is 1.06 bits per heavy atom. The summed E-state index contributed by atoms with van der Waals surface area (Å²) in [5.41, 5.74) is 2.92. The SMILES string of the molecule is CCOc1ccc(C(=O)N(Cc2ccccn2)c2nc3c(C)c(Cl)ccc3s2)cc1OCC. The maximum atomic E-state index is 13.7. The lowest BCUT2D eigenvalue weighted by atomic mass is 10.1. The van der Waals surface area contributed by atoms with Crippen LogP contribution in [0, 0.1) is 6.92 Å². The molecule has 0 N–H and O–H groups in total. The Morgan fingerprint density at radius 3 is 2.58 bits per heavy atom. The molecule has 170 valence electrons. The van der Waals surface area contributed by atoms with Gasteiger partial charge in [0, 0.05) is 16.8 Å². The third kappa shape index (κ3) is 4.94. The number of anilines is 1. The molecule has 4 aromatic rings. The molecule has 0 unspecified atom stereocenters. The standard InChI is InChI=1S/C25H24ClN3O3S/c1-4-31-20-11-9-17(14-21(20)32-5-2)24(30)29(15-18-8-6-7-13-27-18)25-28-23-16(3)19(26)10-12-22(23)33-25/h6-14H,4-5,15H2,1-3H3. The molecule has 0 saturated heterocycles. The molecular formula is C25H24ClN3O3S. The summed E-state index contributed by atoms with van der Waals surface area (Å²) in [6.07, 6.45) is 1.71. The number of hydrogen-bond acceptors (Lipinski definition) is 6. The summed E-state index contributed by atoms with van der Waals surface area (Å²) in [6, 6.07) is 14.7. The van der Waals surface area contributed by atoms with Crippen molar-refractivity contribution in [3.8, 4) is 11.5 Å². The highest BCUT2D eigenvalue weighted by atomic mass is 35.5. The van der Waals surface area contributed by atoms with Crippen LogP contribution in [0.3, 0.4) is 0 Å². The highest BCUT2D eigenvalue weighted by Gasteiger charge is 2.24. The normalized spacial score (nSPS) is 10.9. The average Bonchev–Trinajstić information content (AvgIpc) is 3.26. The third-order valence-electron chi connectivity index (χ3n) is 5.05. The van der Waals surface area contributed by atoms with Crippen molar-refractivity contribution >= 4 is 44.2 Å². The quantitative estimate of drug-likeness (QED) is 0.295. The topological polar surface area (TPSA) is 64.5 Å². The molecule has 33 heavy (non-hydrogen) atoms. The number of rotatable bonds is 8. The van der Waals surface area contributed by atoms with Crippen molar-refractivity contribution in [3.63, 3.8) is 0 Å². The number of nitrogens with zero attached hydrogens (tertiary/aromatic N) is 3. The molecule has 2 heterocycles. The number of pyridine rings is 1. The fraction of sp³-hybridized carbons (Fsp3) is 0.240. The molecule has 8 heteroatoms. The Morgan fingerprint density at radius 2 is 1.85 bits per heavy atom. The minimum atomic E-state index is -0.201. The zero-order valence-corrected chi connectivity index (χ0v) is 20.2. The van der Waals surface area contributed by atoms with Gasteiger partial charge in [-0.1, -0.05) is 29.0 Å². The first-order chi connectivity index (χ1) is 16.0. The molecule has 0 saturated carbocycles. The van der Waals surface area contributed by atoms with Crippen molar-refractivity contribution in [1.82, 2.24) is 9.97 Å². The first-order valence-corrected chi connectivity index (χ1v) is 11.9. The third-order valence-corrected chi connectivity index (χ3v) is 6.50. The Kier molecular flexibility index (Phi) is 7.11. The van der Waals surface area contributed by atoms with Crippen molar-refractivity contribution < 1.29 is 14.3 Å². The van der Waals surface area contributed by atoms with Gasteiger partial charge in [0.1, 0.15) is 0 Å². The molecule has 0 atom stereocenters. The van der Waals surface area contributed by atoms with E-state index in [1.165, 1.54) is 11.3 Å². The number of amides is 1. The van der Waals surface area contributed by atoms with Gasteiger partial charge in [-0.05, 0) is 68.8 Å². The van der Waals surface area contributed by atoms with Gasteiger partial charge in [0.2, 0.25) is 0 Å². The van der Waals surface area contributed by atoms with Gasteiger partial charge in [-0.2, -0.15) is 0 Å². The molecule has 0 aliphatic rings. The number of aryl methyl sites for hydroxylation is 1. The summed E-state index contributed by atoms with van der Waals surface area (Å²) in [5, 5.41) is 1.23. The second-order valence-corrected chi connectivity index (χ2v) is 8.67. The molecule has 6 nitrogen and oxygen atoms in total. The summed E-state index contributed by atoms with van der Waals surface area (Å²) in [7, 11) is 0. The van der Waals surface area contributed by atoms with Crippen LogP contribution >= 0.6 is 22.9 Å². The van der Waals surface area contributed by atoms with Gasteiger partial charge in [-0.15, -0.1) is 0 Å². The number of hydrogen-bond donors (Lipinski definition) is 0. The summed E-state index contributed by atoms with van der Waals surface area (Å²) in [5.74, 6) is 0.944. The Hall–Kier alpha value is -3.16. The van der Waals surface area contributed by atoms with Gasteiger partial charge >= 0.3 is 0 Å². The lowest BCUT2D eigenvalue weighted by Crippen LogP contribution is -2.30. The predicted molar refractivity (Wildman–Crippen MR) is 133 cm³/mol. The Balaban J connectivity index is 1.77. The van der Waals surface area contributed by atoms with Crippen molar-refractivity contribution in [2.24, 2.45) is 0 Å². The number of halogens is 1. The smallest absolute Gasteiger partial charge is 0.260 e. The first kappa shape index (κ1) is 23.0. The average molecular weight is 482 g/mol. The monoisotopic (exact) mass is 481 g/mol. The maximum absolute atomic E-state index is 13.7. The summed E-state index contributed by atoms with van der Waals surface area (Å²) in [4.78, 5) is 24.6. The summed E-state index contributed by atoms with van der Waals surface area (Å²) < 4.78 is 12.3. The fourth-order valence-electron chi connectivity index (χ4n) is 3.42. The molecule has 2 aromatic heterocycles. The van der Waals surface area contributed by atoms with Gasteiger partial charge in [-0.3, -0.25) is 14.7 Å². The number of fused-ring (bicyclic) bond motifs is 1. The number of aromatic nitrogens is 2. The van der Waals surface area contributed by atoms with E-state index in [0.29, 0.717) is 40.4 Å². The number of carbonyl (C=O) groups is 1. The van der Waals surface area contributed by atoms with Crippen LogP contribution in [0.1, 0.15) is 35.5 Å². The molecule has 0 radical (unpaired) electrons. The fourth-order valence-corrected chi connectivity index (χ4v) is 4.60. The second-order valence-electron chi connectivity index (χ2n) is 7.26. The molecule has 0 bridgehead atoms. The van der Waals surface area contributed by atoms with Gasteiger partial charge in [0.15, 0.2) is 16.6 Å². The number of thiazole rings is 1. The minimum Gasteiger partial charge on any atom is -0.490 e. The van der Waals surface area contributed by atoms with E-state index in [1.807, 2.05) is 51.1 Å².